The highest BCUT2D eigenvalue weighted by atomic mass is 35.5. The van der Waals surface area contributed by atoms with Crippen molar-refractivity contribution in [1.82, 2.24) is 9.55 Å². The fourth-order valence-electron chi connectivity index (χ4n) is 1.27. The van der Waals surface area contributed by atoms with Gasteiger partial charge in [0.05, 0.1) is 11.3 Å². The van der Waals surface area contributed by atoms with Gasteiger partial charge in [-0.3, -0.25) is 0 Å². The lowest BCUT2D eigenvalue weighted by Gasteiger charge is -2.05. The number of aromatic nitrogens is 2. The Hall–Kier alpha value is -1.35. The monoisotopic (exact) mass is 210 g/mol. The van der Waals surface area contributed by atoms with E-state index in [0.717, 1.165) is 11.4 Å². The summed E-state index contributed by atoms with van der Waals surface area (Å²) in [7, 11) is 0. The molecule has 0 unspecified atom stereocenters. The lowest BCUT2D eigenvalue weighted by molar-refractivity contribution is 0.628. The molecule has 0 spiro atoms. The predicted octanol–water partition coefficient (Wildman–Crippen LogP) is 2.97. The highest BCUT2D eigenvalue weighted by molar-refractivity contribution is 6.30. The molecule has 0 aliphatic heterocycles. The highest BCUT2D eigenvalue weighted by Gasteiger charge is 2.03. The van der Waals surface area contributed by atoms with Crippen molar-refractivity contribution in [3.05, 3.63) is 47.3 Å². The van der Waals surface area contributed by atoms with Crippen LogP contribution in [-0.2, 0) is 0 Å². The molecule has 2 nitrogen and oxygen atoms in total. The quantitative estimate of drug-likeness (QED) is 0.708. The van der Waals surface area contributed by atoms with Gasteiger partial charge in [0.15, 0.2) is 0 Å². The fourth-order valence-corrected chi connectivity index (χ4v) is 1.44. The lowest BCUT2D eigenvalue weighted by Crippen LogP contribution is -1.94. The maximum Gasteiger partial charge on any atom is 0.141 e. The smallest absolute Gasteiger partial charge is 0.141 e. The maximum absolute atomic E-state index is 12.9. The molecule has 0 N–H and O–H groups in total. The van der Waals surface area contributed by atoms with E-state index in [-0.39, 0.29) is 5.02 Å². The number of rotatable bonds is 1. The molecule has 0 atom stereocenters. The average molecular weight is 211 g/mol. The van der Waals surface area contributed by atoms with Gasteiger partial charge in [0.1, 0.15) is 5.82 Å². The van der Waals surface area contributed by atoms with Gasteiger partial charge >= 0.3 is 0 Å². The molecule has 0 fully saturated rings. The van der Waals surface area contributed by atoms with Crippen LogP contribution < -0.4 is 0 Å². The number of halogens is 2. The van der Waals surface area contributed by atoms with Gasteiger partial charge in [0, 0.05) is 17.6 Å². The summed E-state index contributed by atoms with van der Waals surface area (Å²) in [4.78, 5) is 3.98. The molecule has 2 rings (SSSR count). The Bertz CT molecular complexity index is 465. The molecule has 0 aliphatic rings. The molecule has 0 saturated carbocycles. The van der Waals surface area contributed by atoms with Gasteiger partial charge in [-0.15, -0.1) is 0 Å². The zero-order valence-electron chi connectivity index (χ0n) is 7.54. The first-order valence-corrected chi connectivity index (χ1v) is 4.50. The van der Waals surface area contributed by atoms with Gasteiger partial charge in [0.25, 0.3) is 0 Å². The van der Waals surface area contributed by atoms with Gasteiger partial charge in [-0.1, -0.05) is 11.6 Å². The van der Waals surface area contributed by atoms with Gasteiger partial charge < -0.3 is 4.57 Å². The van der Waals surface area contributed by atoms with E-state index >= 15 is 0 Å². The van der Waals surface area contributed by atoms with Crippen LogP contribution in [0.5, 0.6) is 0 Å². The maximum atomic E-state index is 12.9. The molecule has 0 aliphatic carbocycles. The third-order valence-electron chi connectivity index (χ3n) is 2.00. The van der Waals surface area contributed by atoms with E-state index in [1.165, 1.54) is 6.07 Å². The van der Waals surface area contributed by atoms with Crippen LogP contribution in [0.15, 0.2) is 30.7 Å². The molecule has 0 amide bonds. The van der Waals surface area contributed by atoms with Crippen molar-refractivity contribution >= 4 is 11.6 Å². The Balaban J connectivity index is 2.53. The summed E-state index contributed by atoms with van der Waals surface area (Å²) in [5, 5.41) is 0.121. The van der Waals surface area contributed by atoms with Gasteiger partial charge in [-0.2, -0.15) is 0 Å². The van der Waals surface area contributed by atoms with Crippen molar-refractivity contribution in [2.75, 3.05) is 0 Å². The van der Waals surface area contributed by atoms with E-state index in [2.05, 4.69) is 4.98 Å². The van der Waals surface area contributed by atoms with E-state index < -0.39 is 5.82 Å². The van der Waals surface area contributed by atoms with Crippen LogP contribution in [0, 0.1) is 12.7 Å². The molecule has 72 valence electrons. The highest BCUT2D eigenvalue weighted by Crippen LogP contribution is 2.19. The topological polar surface area (TPSA) is 17.8 Å². The van der Waals surface area contributed by atoms with Gasteiger partial charge in [0.2, 0.25) is 0 Å². The third-order valence-corrected chi connectivity index (χ3v) is 2.29. The number of hydrogen-bond acceptors (Lipinski definition) is 1. The van der Waals surface area contributed by atoms with E-state index in [1.54, 1.807) is 24.7 Å². The Labute approximate surface area is 86.0 Å². The van der Waals surface area contributed by atoms with E-state index in [0.29, 0.717) is 0 Å². The van der Waals surface area contributed by atoms with Crippen LogP contribution in [0.1, 0.15) is 5.69 Å². The van der Waals surface area contributed by atoms with Crippen molar-refractivity contribution in [3.8, 4) is 5.69 Å². The Morgan fingerprint density at radius 1 is 1.43 bits per heavy atom. The lowest BCUT2D eigenvalue weighted by atomic mass is 10.3. The molecule has 1 aromatic heterocycles. The molecule has 0 bridgehead atoms. The Kier molecular flexibility index (Phi) is 2.25. The van der Waals surface area contributed by atoms with Crippen LogP contribution in [0.3, 0.4) is 0 Å². The van der Waals surface area contributed by atoms with Gasteiger partial charge in [-0.25, -0.2) is 9.37 Å². The second-order valence-corrected chi connectivity index (χ2v) is 3.41. The van der Waals surface area contributed by atoms with Crippen LogP contribution in [0.2, 0.25) is 5.02 Å². The Morgan fingerprint density at radius 3 is 2.79 bits per heavy atom. The first kappa shape index (κ1) is 9.21. The summed E-state index contributed by atoms with van der Waals surface area (Å²) >= 11 is 5.67. The molecule has 2 aromatic rings. The van der Waals surface area contributed by atoms with E-state index in [4.69, 9.17) is 11.6 Å². The van der Waals surface area contributed by atoms with Crippen LogP contribution in [0.25, 0.3) is 5.69 Å². The largest absolute Gasteiger partial charge is 0.304 e. The molecular formula is C10H8ClFN2. The van der Waals surface area contributed by atoms with Crippen molar-refractivity contribution in [2.24, 2.45) is 0 Å². The summed E-state index contributed by atoms with van der Waals surface area (Å²) in [5.41, 5.74) is 1.79. The minimum Gasteiger partial charge on any atom is -0.304 e. The summed E-state index contributed by atoms with van der Waals surface area (Å²) in [5.74, 6) is -0.409. The number of benzene rings is 1. The van der Waals surface area contributed by atoms with E-state index in [1.807, 2.05) is 11.5 Å². The minimum absolute atomic E-state index is 0.121. The van der Waals surface area contributed by atoms with Crippen LogP contribution >= 0.6 is 11.6 Å². The Morgan fingerprint density at radius 2 is 2.21 bits per heavy atom. The molecule has 14 heavy (non-hydrogen) atoms. The number of aryl methyl sites for hydroxylation is 1. The average Bonchev–Trinajstić information content (AvgIpc) is 2.57. The van der Waals surface area contributed by atoms with Crippen molar-refractivity contribution in [1.29, 1.82) is 0 Å². The van der Waals surface area contributed by atoms with Crippen molar-refractivity contribution in [3.63, 3.8) is 0 Å². The normalized spacial score (nSPS) is 10.5. The first-order valence-electron chi connectivity index (χ1n) is 4.13. The standard InChI is InChI=1S/C10H8ClFN2/c1-7-5-13-6-14(7)8-2-3-10(12)9(11)4-8/h2-6H,1H3. The second kappa shape index (κ2) is 3.42. The minimum atomic E-state index is -0.409. The van der Waals surface area contributed by atoms with Crippen molar-refractivity contribution in [2.45, 2.75) is 6.92 Å². The fraction of sp³-hybridized carbons (Fsp3) is 0.100. The second-order valence-electron chi connectivity index (χ2n) is 3.00. The summed E-state index contributed by atoms with van der Waals surface area (Å²) < 4.78 is 14.7. The number of imidazole rings is 1. The molecule has 4 heteroatoms. The van der Waals surface area contributed by atoms with Crippen molar-refractivity contribution < 1.29 is 4.39 Å². The van der Waals surface area contributed by atoms with Gasteiger partial charge in [-0.05, 0) is 25.1 Å². The molecule has 0 radical (unpaired) electrons. The first-order chi connectivity index (χ1) is 6.68. The zero-order valence-corrected chi connectivity index (χ0v) is 8.29. The summed E-state index contributed by atoms with van der Waals surface area (Å²) in [6.07, 6.45) is 3.40. The molecular weight excluding hydrogens is 203 g/mol. The number of hydrogen-bond donors (Lipinski definition) is 0. The SMILES string of the molecule is Cc1cncn1-c1ccc(F)c(Cl)c1. The van der Waals surface area contributed by atoms with E-state index in [9.17, 15) is 4.39 Å². The predicted molar refractivity (Wildman–Crippen MR) is 53.3 cm³/mol. The molecule has 0 saturated heterocycles. The molecule has 1 heterocycles. The van der Waals surface area contributed by atoms with Crippen LogP contribution in [-0.4, -0.2) is 9.55 Å². The molecule has 1 aromatic carbocycles. The third kappa shape index (κ3) is 1.51. The summed E-state index contributed by atoms with van der Waals surface area (Å²) in [6.45, 7) is 1.92. The summed E-state index contributed by atoms with van der Waals surface area (Å²) in [6, 6.07) is 4.58. The zero-order chi connectivity index (χ0) is 10.1. The van der Waals surface area contributed by atoms with Crippen LogP contribution in [0.4, 0.5) is 4.39 Å². The number of nitrogens with zero attached hydrogens (tertiary/aromatic N) is 2.